The molecule has 2 aliphatic rings. The molecule has 0 unspecified atom stereocenters. The molecule has 2 fully saturated rings. The molecule has 28 valence electrons. The Morgan fingerprint density at radius 1 is 1.60 bits per heavy atom. The molecule has 0 saturated carbocycles. The average Bonchev–Trinajstić information content (AvgIpc) is 1.74. The first-order valence-corrected chi connectivity index (χ1v) is 1.67. The highest BCUT2D eigenvalue weighted by Crippen LogP contribution is 2.55. The van der Waals surface area contributed by atoms with Gasteiger partial charge in [-0.1, -0.05) is 0 Å². The van der Waals surface area contributed by atoms with Crippen LogP contribution in [0.1, 0.15) is 6.92 Å². The topological polar surface area (TPSA) is 25.1 Å². The van der Waals surface area contributed by atoms with Gasteiger partial charge in [-0.2, -0.15) is 0 Å². The largest absolute Gasteiger partial charge is 0.310 e. The summed E-state index contributed by atoms with van der Waals surface area (Å²) in [6.07, 6.45) is 0.197. The van der Waals surface area contributed by atoms with Gasteiger partial charge in [0.15, 0.2) is 0 Å². The van der Waals surface area contributed by atoms with Crippen LogP contribution in [-0.2, 0) is 9.47 Å². The van der Waals surface area contributed by atoms with Crippen molar-refractivity contribution in [2.24, 2.45) is 0 Å². The maximum atomic E-state index is 4.77. The predicted octanol–water partition coefficient (Wildman–Crippen LogP) is 0.0891. The minimum absolute atomic E-state index is 0.0833. The fourth-order valence-corrected chi connectivity index (χ4v) is 0.366. The number of hydrogen-bond donors (Lipinski definition) is 0. The highest BCUT2D eigenvalue weighted by molar-refractivity contribution is 4.98. The van der Waals surface area contributed by atoms with E-state index in [0.29, 0.717) is 0 Å². The Morgan fingerprint density at radius 3 is 1.80 bits per heavy atom. The number of rotatable bonds is 0. The zero-order valence-electron chi connectivity index (χ0n) is 2.89. The van der Waals surface area contributed by atoms with E-state index in [1.165, 1.54) is 0 Å². The molecular weight excluding hydrogens is 68.0 g/mol. The number of hydrogen-bond acceptors (Lipinski definition) is 2. The first-order valence-electron chi connectivity index (χ1n) is 1.67. The third-order valence-electron chi connectivity index (χ3n) is 0.996. The van der Waals surface area contributed by atoms with Gasteiger partial charge < -0.3 is 9.47 Å². The molecule has 2 heteroatoms. The maximum Gasteiger partial charge on any atom is 0.223 e. The summed E-state index contributed by atoms with van der Waals surface area (Å²) >= 11 is 0. The van der Waals surface area contributed by atoms with E-state index in [9.17, 15) is 0 Å². The zero-order valence-corrected chi connectivity index (χ0v) is 2.89. The third-order valence-corrected chi connectivity index (χ3v) is 0.996. The van der Waals surface area contributed by atoms with Crippen molar-refractivity contribution in [2.45, 2.75) is 19.0 Å². The molecule has 2 nitrogen and oxygen atoms in total. The van der Waals surface area contributed by atoms with Crippen LogP contribution in [0.5, 0.6) is 0 Å². The summed E-state index contributed by atoms with van der Waals surface area (Å²) in [6, 6.07) is 0. The summed E-state index contributed by atoms with van der Waals surface area (Å²) in [5.41, 5.74) is 0. The van der Waals surface area contributed by atoms with Crippen LogP contribution in [0.4, 0.5) is 0 Å². The van der Waals surface area contributed by atoms with Gasteiger partial charge in [-0.3, -0.25) is 0 Å². The van der Waals surface area contributed by atoms with E-state index in [1.54, 1.807) is 0 Å². The van der Waals surface area contributed by atoms with E-state index in [0.717, 1.165) is 0 Å². The van der Waals surface area contributed by atoms with Crippen LogP contribution in [0.25, 0.3) is 0 Å². The fraction of sp³-hybridized carbons (Fsp3) is 1.00. The lowest BCUT2D eigenvalue weighted by Gasteiger charge is -1.81. The highest BCUT2D eigenvalue weighted by atomic mass is 17.0. The van der Waals surface area contributed by atoms with Crippen molar-refractivity contribution in [3.05, 3.63) is 0 Å². The minimum Gasteiger partial charge on any atom is -0.310 e. The van der Waals surface area contributed by atoms with Crippen molar-refractivity contribution in [3.8, 4) is 0 Å². The molecule has 2 aliphatic heterocycles. The van der Waals surface area contributed by atoms with Crippen molar-refractivity contribution in [2.75, 3.05) is 0 Å². The van der Waals surface area contributed by atoms with Crippen LogP contribution in [0.15, 0.2) is 0 Å². The van der Waals surface area contributed by atoms with Crippen LogP contribution in [0, 0.1) is 0 Å². The lowest BCUT2D eigenvalue weighted by atomic mass is 10.6. The van der Waals surface area contributed by atoms with Crippen LogP contribution in [0.2, 0.25) is 0 Å². The van der Waals surface area contributed by atoms with Gasteiger partial charge in [-0.05, 0) is 6.92 Å². The summed E-state index contributed by atoms with van der Waals surface area (Å²) < 4.78 is 9.54. The molecule has 2 saturated heterocycles. The Kier molecular flexibility index (Phi) is 0.121. The average molecular weight is 72.1 g/mol. The monoisotopic (exact) mass is 72.0 g/mol. The zero-order chi connectivity index (χ0) is 3.49. The molecule has 0 atom stereocenters. The Hall–Kier alpha value is -0.0800. The van der Waals surface area contributed by atoms with Crippen molar-refractivity contribution in [3.63, 3.8) is 0 Å². The summed E-state index contributed by atoms with van der Waals surface area (Å²) in [5.74, 6) is -0.0833. The molecule has 2 rings (SSSR count). The van der Waals surface area contributed by atoms with Crippen molar-refractivity contribution < 1.29 is 9.47 Å². The van der Waals surface area contributed by atoms with E-state index in [2.05, 4.69) is 0 Å². The van der Waals surface area contributed by atoms with Crippen LogP contribution >= 0.6 is 0 Å². The Balaban J connectivity index is 2.37. The van der Waals surface area contributed by atoms with Gasteiger partial charge in [0.05, 0.1) is 0 Å². The van der Waals surface area contributed by atoms with E-state index < -0.39 is 0 Å². The molecule has 0 bridgehead atoms. The third kappa shape index (κ3) is 0.102. The second kappa shape index (κ2) is 0.280. The Bertz CT molecular complexity index is 73.0. The van der Waals surface area contributed by atoms with E-state index in [-0.39, 0.29) is 12.1 Å². The van der Waals surface area contributed by atoms with Crippen LogP contribution < -0.4 is 0 Å². The minimum atomic E-state index is -0.0833. The molecule has 2 heterocycles. The molecule has 0 radical (unpaired) electrons. The van der Waals surface area contributed by atoms with Gasteiger partial charge in [0.25, 0.3) is 0 Å². The number of ether oxygens (including phenoxy) is 2. The maximum absolute atomic E-state index is 4.77. The van der Waals surface area contributed by atoms with Gasteiger partial charge in [0.1, 0.15) is 0 Å². The second-order valence-electron chi connectivity index (χ2n) is 1.58. The van der Waals surface area contributed by atoms with Gasteiger partial charge in [-0.15, -0.1) is 0 Å². The normalized spacial score (nSPS) is 70.2. The SMILES string of the molecule is CC12OC1O2. The Morgan fingerprint density at radius 2 is 1.80 bits per heavy atom. The molecule has 0 spiro atoms. The first kappa shape index (κ1) is 2.16. The van der Waals surface area contributed by atoms with Gasteiger partial charge in [0, 0.05) is 0 Å². The molecule has 0 amide bonds. The van der Waals surface area contributed by atoms with E-state index >= 15 is 0 Å². The van der Waals surface area contributed by atoms with Gasteiger partial charge >= 0.3 is 0 Å². The molecule has 0 aromatic rings. The quantitative estimate of drug-likeness (QED) is 0.379. The standard InChI is InChI=1S/C3H4O2/c1-3-2(4-3)5-3/h2H,1H3. The number of epoxide rings is 2. The summed E-state index contributed by atoms with van der Waals surface area (Å²) in [6.45, 7) is 1.93. The smallest absolute Gasteiger partial charge is 0.223 e. The lowest BCUT2D eigenvalue weighted by molar-refractivity contribution is -0.0403. The van der Waals surface area contributed by atoms with Crippen molar-refractivity contribution >= 4 is 0 Å². The molecule has 0 N–H and O–H groups in total. The molecule has 5 heavy (non-hydrogen) atoms. The summed E-state index contributed by atoms with van der Waals surface area (Å²) in [4.78, 5) is 0. The van der Waals surface area contributed by atoms with Gasteiger partial charge in [-0.25, -0.2) is 0 Å². The highest BCUT2D eigenvalue weighted by Gasteiger charge is 2.73. The first-order chi connectivity index (χ1) is 2.31. The van der Waals surface area contributed by atoms with E-state index in [4.69, 9.17) is 9.47 Å². The lowest BCUT2D eigenvalue weighted by Crippen LogP contribution is -1.85. The van der Waals surface area contributed by atoms with Crippen LogP contribution in [0.3, 0.4) is 0 Å². The predicted molar refractivity (Wildman–Crippen MR) is 14.4 cm³/mol. The van der Waals surface area contributed by atoms with Crippen molar-refractivity contribution in [1.29, 1.82) is 0 Å². The fourth-order valence-electron chi connectivity index (χ4n) is 0.366. The molecule has 0 aromatic carbocycles. The van der Waals surface area contributed by atoms with E-state index in [1.807, 2.05) is 6.92 Å². The second-order valence-corrected chi connectivity index (χ2v) is 1.58. The van der Waals surface area contributed by atoms with Gasteiger partial charge in [0.2, 0.25) is 12.1 Å². The summed E-state index contributed by atoms with van der Waals surface area (Å²) in [5, 5.41) is 0. The number of fused-ring (bicyclic) bond motifs is 1. The molecule has 0 aliphatic carbocycles. The summed E-state index contributed by atoms with van der Waals surface area (Å²) in [7, 11) is 0. The van der Waals surface area contributed by atoms with Crippen LogP contribution in [-0.4, -0.2) is 12.1 Å². The molecule has 0 aromatic heterocycles. The van der Waals surface area contributed by atoms with Crippen molar-refractivity contribution in [1.82, 2.24) is 0 Å². The molecular formula is C3H4O2. The Labute approximate surface area is 29.7 Å².